The van der Waals surface area contributed by atoms with Crippen LogP contribution in [-0.4, -0.2) is 45.0 Å². The van der Waals surface area contributed by atoms with E-state index >= 15 is 0 Å². The number of fused-ring (bicyclic) bond motifs is 5. The van der Waals surface area contributed by atoms with E-state index in [1.807, 2.05) is 30.6 Å². The van der Waals surface area contributed by atoms with Gasteiger partial charge in [0.2, 0.25) is 0 Å². The van der Waals surface area contributed by atoms with Crippen molar-refractivity contribution in [2.45, 2.75) is 39.3 Å². The zero-order valence-corrected chi connectivity index (χ0v) is 20.9. The van der Waals surface area contributed by atoms with Crippen molar-refractivity contribution >= 4 is 5.69 Å². The normalized spacial score (nSPS) is 17.1. The molecule has 2 aliphatic heterocycles. The predicted molar refractivity (Wildman–Crippen MR) is 142 cm³/mol. The second kappa shape index (κ2) is 9.29. The number of nitrogens with zero attached hydrogens (tertiary/aromatic N) is 6. The Hall–Kier alpha value is -3.89. The van der Waals surface area contributed by atoms with Crippen molar-refractivity contribution in [1.29, 1.82) is 5.26 Å². The molecule has 2 aliphatic rings. The maximum atomic E-state index is 9.14. The van der Waals surface area contributed by atoms with Crippen LogP contribution in [0.3, 0.4) is 0 Å². The van der Waals surface area contributed by atoms with Crippen LogP contribution in [0, 0.1) is 17.2 Å². The van der Waals surface area contributed by atoms with Crippen LogP contribution >= 0.6 is 0 Å². The Morgan fingerprint density at radius 2 is 2.00 bits per heavy atom. The minimum absolute atomic E-state index is 0.578. The number of anilines is 1. The number of nitrogens with one attached hydrogen (secondary N) is 1. The highest BCUT2D eigenvalue weighted by atomic mass is 15.3. The van der Waals surface area contributed by atoms with Gasteiger partial charge in [0.25, 0.3) is 0 Å². The van der Waals surface area contributed by atoms with E-state index in [9.17, 15) is 0 Å². The van der Waals surface area contributed by atoms with Crippen LogP contribution < -0.4 is 10.2 Å². The molecule has 36 heavy (non-hydrogen) atoms. The molecule has 7 heteroatoms. The Morgan fingerprint density at radius 1 is 1.14 bits per heavy atom. The molecule has 0 unspecified atom stereocenters. The summed E-state index contributed by atoms with van der Waals surface area (Å²) in [5, 5.41) is 21.5. The Balaban J connectivity index is 1.30. The third-order valence-corrected chi connectivity index (χ3v) is 7.70. The SMILES string of the molecule is CC[C@@H](C)NC[C@H]1CCN(c2ccc3c(c2)Cn2cc(-c4ccc(C#N)cc4)cc2-c2nncn2-3)C1. The Labute approximate surface area is 212 Å². The number of nitriles is 1. The van der Waals surface area contributed by atoms with E-state index < -0.39 is 0 Å². The average molecular weight is 478 g/mol. The van der Waals surface area contributed by atoms with Crippen LogP contribution in [0.15, 0.2) is 61.1 Å². The minimum Gasteiger partial charge on any atom is -0.371 e. The first kappa shape index (κ1) is 22.6. The van der Waals surface area contributed by atoms with Crippen molar-refractivity contribution in [2.24, 2.45) is 5.92 Å². The van der Waals surface area contributed by atoms with Gasteiger partial charge in [0.15, 0.2) is 5.82 Å². The van der Waals surface area contributed by atoms with Gasteiger partial charge in [0.1, 0.15) is 6.33 Å². The zero-order chi connectivity index (χ0) is 24.6. The fourth-order valence-corrected chi connectivity index (χ4v) is 5.37. The highest BCUT2D eigenvalue weighted by Gasteiger charge is 2.26. The molecule has 2 atom stereocenters. The number of hydrogen-bond donors (Lipinski definition) is 1. The summed E-state index contributed by atoms with van der Waals surface area (Å²) in [7, 11) is 0. The molecule has 4 aromatic rings. The molecule has 0 radical (unpaired) electrons. The van der Waals surface area contributed by atoms with Crippen molar-refractivity contribution in [3.05, 3.63) is 72.2 Å². The molecule has 6 rings (SSSR count). The van der Waals surface area contributed by atoms with Crippen molar-refractivity contribution in [2.75, 3.05) is 24.5 Å². The third kappa shape index (κ3) is 4.08. The van der Waals surface area contributed by atoms with Gasteiger partial charge in [-0.05, 0) is 79.8 Å². The number of aromatic nitrogens is 4. The lowest BCUT2D eigenvalue weighted by Gasteiger charge is -2.21. The monoisotopic (exact) mass is 477 g/mol. The van der Waals surface area contributed by atoms with Crippen LogP contribution in [0.4, 0.5) is 5.69 Å². The molecule has 1 fully saturated rings. The molecule has 2 aromatic heterocycles. The fourth-order valence-electron chi connectivity index (χ4n) is 5.37. The van der Waals surface area contributed by atoms with Crippen LogP contribution in [0.5, 0.6) is 0 Å². The van der Waals surface area contributed by atoms with Gasteiger partial charge >= 0.3 is 0 Å². The van der Waals surface area contributed by atoms with Crippen molar-refractivity contribution < 1.29 is 0 Å². The quantitative estimate of drug-likeness (QED) is 0.378. The van der Waals surface area contributed by atoms with E-state index in [-0.39, 0.29) is 0 Å². The molecular formula is C29H31N7. The van der Waals surface area contributed by atoms with E-state index in [0.29, 0.717) is 17.5 Å². The van der Waals surface area contributed by atoms with Gasteiger partial charge in [0.05, 0.1) is 23.0 Å². The third-order valence-electron chi connectivity index (χ3n) is 7.70. The molecule has 182 valence electrons. The minimum atomic E-state index is 0.578. The molecule has 2 aromatic carbocycles. The number of hydrogen-bond acceptors (Lipinski definition) is 5. The fraction of sp³-hybridized carbons (Fsp3) is 0.345. The summed E-state index contributed by atoms with van der Waals surface area (Å²) in [6.07, 6.45) is 6.39. The standard InChI is InChI=1S/C29H31N7/c1-3-20(2)31-15-22-10-11-34(16-22)26-8-9-27-25(12-26)18-35-17-24(23-6-4-21(14-30)5-7-23)13-28(35)29-33-32-19-36(27)29/h4-9,12-13,17,19-20,22,31H,3,10-11,15-16,18H2,1-2H3/t20-,22-/m1/s1. The highest BCUT2D eigenvalue weighted by Crippen LogP contribution is 2.35. The average Bonchev–Trinajstić information content (AvgIpc) is 3.66. The van der Waals surface area contributed by atoms with Gasteiger partial charge in [-0.15, -0.1) is 10.2 Å². The summed E-state index contributed by atoms with van der Waals surface area (Å²) in [5.41, 5.74) is 7.59. The lowest BCUT2D eigenvalue weighted by atomic mass is 10.1. The van der Waals surface area contributed by atoms with Gasteiger partial charge in [0, 0.05) is 43.1 Å². The van der Waals surface area contributed by atoms with E-state index in [2.05, 4.69) is 79.9 Å². The molecule has 0 spiro atoms. The molecular weight excluding hydrogens is 446 g/mol. The molecule has 4 heterocycles. The molecule has 0 aliphatic carbocycles. The summed E-state index contributed by atoms with van der Waals surface area (Å²) in [6.45, 7) is 8.55. The van der Waals surface area contributed by atoms with E-state index in [4.69, 9.17) is 5.26 Å². The first-order valence-electron chi connectivity index (χ1n) is 12.9. The van der Waals surface area contributed by atoms with Crippen LogP contribution in [-0.2, 0) is 6.54 Å². The van der Waals surface area contributed by atoms with E-state index in [0.717, 1.165) is 54.5 Å². The zero-order valence-electron chi connectivity index (χ0n) is 20.9. The summed E-state index contributed by atoms with van der Waals surface area (Å²) < 4.78 is 4.37. The van der Waals surface area contributed by atoms with Crippen LogP contribution in [0.1, 0.15) is 37.8 Å². The van der Waals surface area contributed by atoms with Crippen LogP contribution in [0.2, 0.25) is 0 Å². The topological polar surface area (TPSA) is 74.7 Å². The lowest BCUT2D eigenvalue weighted by molar-refractivity contribution is 0.456. The molecule has 7 nitrogen and oxygen atoms in total. The summed E-state index contributed by atoms with van der Waals surface area (Å²) in [6, 6.07) is 19.5. The van der Waals surface area contributed by atoms with Gasteiger partial charge in [-0.2, -0.15) is 5.26 Å². The van der Waals surface area contributed by atoms with Crippen molar-refractivity contribution in [1.82, 2.24) is 24.6 Å². The van der Waals surface area contributed by atoms with Gasteiger partial charge in [-0.25, -0.2) is 0 Å². The Bertz CT molecular complexity index is 1420. The summed E-state index contributed by atoms with van der Waals surface area (Å²) in [5.74, 6) is 1.53. The number of rotatable bonds is 6. The molecule has 1 saturated heterocycles. The van der Waals surface area contributed by atoms with Crippen molar-refractivity contribution in [3.8, 4) is 34.4 Å². The van der Waals surface area contributed by atoms with E-state index in [1.54, 1.807) is 0 Å². The highest BCUT2D eigenvalue weighted by molar-refractivity contribution is 5.72. The van der Waals surface area contributed by atoms with Gasteiger partial charge in [-0.3, -0.25) is 4.57 Å². The van der Waals surface area contributed by atoms with Crippen molar-refractivity contribution in [3.63, 3.8) is 0 Å². The molecule has 0 amide bonds. The lowest BCUT2D eigenvalue weighted by Crippen LogP contribution is -2.32. The largest absolute Gasteiger partial charge is 0.371 e. The molecule has 0 saturated carbocycles. The molecule has 0 bridgehead atoms. The van der Waals surface area contributed by atoms with Crippen LogP contribution in [0.25, 0.3) is 28.3 Å². The predicted octanol–water partition coefficient (Wildman–Crippen LogP) is 4.85. The second-order valence-corrected chi connectivity index (χ2v) is 10.1. The first-order chi connectivity index (χ1) is 17.6. The molecule has 1 N–H and O–H groups in total. The van der Waals surface area contributed by atoms with E-state index in [1.165, 1.54) is 24.1 Å². The Kier molecular flexibility index (Phi) is 5.82. The first-order valence-corrected chi connectivity index (χ1v) is 12.9. The number of benzene rings is 2. The smallest absolute Gasteiger partial charge is 0.185 e. The maximum absolute atomic E-state index is 9.14. The van der Waals surface area contributed by atoms with Gasteiger partial charge < -0.3 is 14.8 Å². The Morgan fingerprint density at radius 3 is 2.81 bits per heavy atom. The summed E-state index contributed by atoms with van der Waals surface area (Å²) in [4.78, 5) is 2.53. The maximum Gasteiger partial charge on any atom is 0.185 e. The summed E-state index contributed by atoms with van der Waals surface area (Å²) >= 11 is 0. The van der Waals surface area contributed by atoms with Gasteiger partial charge in [-0.1, -0.05) is 19.1 Å². The second-order valence-electron chi connectivity index (χ2n) is 10.1.